The van der Waals surface area contributed by atoms with Gasteiger partial charge in [-0.2, -0.15) is 0 Å². The lowest BCUT2D eigenvalue weighted by Gasteiger charge is -2.46. The Bertz CT molecular complexity index is 1140. The Kier molecular flexibility index (Phi) is 10.5. The van der Waals surface area contributed by atoms with Crippen molar-refractivity contribution in [1.29, 1.82) is 0 Å². The molecule has 2 unspecified atom stereocenters. The highest BCUT2D eigenvalue weighted by atomic mass is 15.2. The minimum absolute atomic E-state index is 0.106. The normalized spacial score (nSPS) is 31.6. The molecule has 1 aromatic rings. The number of hydrogen-bond acceptors (Lipinski definition) is 5. The summed E-state index contributed by atoms with van der Waals surface area (Å²) in [5.74, 6) is 0.473. The number of aryl methyl sites for hydroxylation is 1. The first-order valence-corrected chi connectivity index (χ1v) is 15.6. The van der Waals surface area contributed by atoms with Crippen molar-refractivity contribution in [2.45, 2.75) is 90.5 Å². The van der Waals surface area contributed by atoms with Crippen molar-refractivity contribution in [3.05, 3.63) is 71.2 Å². The zero-order valence-corrected chi connectivity index (χ0v) is 26.1. The molecule has 3 aliphatic heterocycles. The van der Waals surface area contributed by atoms with Gasteiger partial charge in [-0.05, 0) is 70.6 Å². The monoisotopic (exact) mass is 543 g/mol. The first-order valence-electron chi connectivity index (χ1n) is 15.6. The van der Waals surface area contributed by atoms with Crippen LogP contribution in [-0.2, 0) is 5.41 Å². The molecule has 0 aliphatic carbocycles. The summed E-state index contributed by atoms with van der Waals surface area (Å²) < 4.78 is 0. The first-order chi connectivity index (χ1) is 19.2. The van der Waals surface area contributed by atoms with E-state index in [9.17, 15) is 0 Å². The molecule has 2 saturated heterocycles. The van der Waals surface area contributed by atoms with E-state index in [-0.39, 0.29) is 11.5 Å². The van der Waals surface area contributed by atoms with Crippen LogP contribution in [0.1, 0.15) is 83.3 Å². The summed E-state index contributed by atoms with van der Waals surface area (Å²) in [6.07, 6.45) is 14.1. The molecular formula is C35H53N5. The zero-order valence-electron chi connectivity index (χ0n) is 26.1. The molecule has 5 heteroatoms. The molecule has 218 valence electrons. The number of nitrogens with zero attached hydrogens (tertiary/aromatic N) is 4. The molecule has 40 heavy (non-hydrogen) atoms. The van der Waals surface area contributed by atoms with Gasteiger partial charge in [0.1, 0.15) is 0 Å². The van der Waals surface area contributed by atoms with Gasteiger partial charge in [-0.1, -0.05) is 62.6 Å². The van der Waals surface area contributed by atoms with Crippen LogP contribution < -0.4 is 5.32 Å². The van der Waals surface area contributed by atoms with E-state index in [0.717, 1.165) is 50.4 Å². The van der Waals surface area contributed by atoms with Crippen LogP contribution in [-0.4, -0.2) is 67.5 Å². The predicted molar refractivity (Wildman–Crippen MR) is 172 cm³/mol. The van der Waals surface area contributed by atoms with E-state index in [1.54, 1.807) is 0 Å². The van der Waals surface area contributed by atoms with Gasteiger partial charge in [-0.3, -0.25) is 9.98 Å². The third kappa shape index (κ3) is 7.15. The van der Waals surface area contributed by atoms with E-state index in [4.69, 9.17) is 16.6 Å². The highest BCUT2D eigenvalue weighted by Gasteiger charge is 2.37. The van der Waals surface area contributed by atoms with Crippen molar-refractivity contribution in [2.24, 2.45) is 15.9 Å². The number of rotatable bonds is 2. The number of hydrogen-bond donors (Lipinski definition) is 1. The van der Waals surface area contributed by atoms with Crippen LogP contribution in [0.2, 0.25) is 0 Å². The topological polar surface area (TPSA) is 43.2 Å². The second-order valence-corrected chi connectivity index (χ2v) is 12.5. The minimum atomic E-state index is -0.106. The number of benzene rings is 1. The van der Waals surface area contributed by atoms with Gasteiger partial charge in [-0.25, -0.2) is 0 Å². The molecule has 0 amide bonds. The molecule has 0 aromatic heterocycles. The Balaban J connectivity index is 1.74. The summed E-state index contributed by atoms with van der Waals surface area (Å²) in [7, 11) is 4.17. The molecule has 1 N–H and O–H groups in total. The molecule has 0 spiro atoms. The molecule has 5 nitrogen and oxygen atoms in total. The van der Waals surface area contributed by atoms with Crippen LogP contribution in [0.5, 0.6) is 0 Å². The van der Waals surface area contributed by atoms with Gasteiger partial charge < -0.3 is 15.1 Å². The Hall–Kier alpha value is -2.66. The molecule has 0 bridgehead atoms. The highest BCUT2D eigenvalue weighted by molar-refractivity contribution is 6.02. The standard InChI is InChI=1S/C35H53N5/c1-26-15-17-31(18-16-26)35(5)19-11-8-9-12-20-39(7)28(3)23-32(30-24-37-25-30)38-27(2)22-33(36-6)34-14-10-13-21-40(34)29(35)4/h15-18,22-23,30,34,37H,4,8-14,19-21,24-25H2,1-3,5-7H3/b27-22+,28-23+,36-33?,38-32-. The van der Waals surface area contributed by atoms with E-state index >= 15 is 0 Å². The zero-order chi connectivity index (χ0) is 28.7. The second kappa shape index (κ2) is 13.8. The highest BCUT2D eigenvalue weighted by Crippen LogP contribution is 2.41. The van der Waals surface area contributed by atoms with Crippen LogP contribution in [0.3, 0.4) is 0 Å². The Morgan fingerprint density at radius 3 is 2.33 bits per heavy atom. The van der Waals surface area contributed by atoms with Gasteiger partial charge >= 0.3 is 0 Å². The van der Waals surface area contributed by atoms with E-state index in [1.165, 1.54) is 66.8 Å². The van der Waals surface area contributed by atoms with E-state index < -0.39 is 0 Å². The van der Waals surface area contributed by atoms with Gasteiger partial charge in [0, 0.05) is 74.4 Å². The summed E-state index contributed by atoms with van der Waals surface area (Å²) in [6.45, 7) is 17.9. The van der Waals surface area contributed by atoms with Crippen LogP contribution >= 0.6 is 0 Å². The van der Waals surface area contributed by atoms with Crippen LogP contribution in [0, 0.1) is 12.8 Å². The summed E-state index contributed by atoms with van der Waals surface area (Å²) in [5, 5.41) is 3.43. The second-order valence-electron chi connectivity index (χ2n) is 12.5. The fourth-order valence-electron chi connectivity index (χ4n) is 6.44. The lowest BCUT2D eigenvalue weighted by molar-refractivity contribution is 0.206. The van der Waals surface area contributed by atoms with Crippen molar-refractivity contribution in [1.82, 2.24) is 15.1 Å². The van der Waals surface area contributed by atoms with E-state index in [2.05, 4.69) is 86.3 Å². The number of fused-ring (bicyclic) bond motifs is 1. The fraction of sp³-hybridized carbons (Fsp3) is 0.600. The van der Waals surface area contributed by atoms with Crippen molar-refractivity contribution < 1.29 is 0 Å². The molecule has 4 rings (SSSR count). The maximum atomic E-state index is 5.20. The molecule has 2 atom stereocenters. The number of aliphatic imine (C=N–C) groups is 2. The smallest absolute Gasteiger partial charge is 0.0707 e. The van der Waals surface area contributed by atoms with Crippen molar-refractivity contribution >= 4 is 11.4 Å². The molecule has 1 aromatic carbocycles. The third-order valence-corrected chi connectivity index (χ3v) is 9.52. The van der Waals surface area contributed by atoms with Gasteiger partial charge in [0.25, 0.3) is 0 Å². The van der Waals surface area contributed by atoms with E-state index in [0.29, 0.717) is 5.92 Å². The van der Waals surface area contributed by atoms with Crippen molar-refractivity contribution in [2.75, 3.05) is 40.3 Å². The lowest BCUT2D eigenvalue weighted by atomic mass is 9.74. The van der Waals surface area contributed by atoms with Gasteiger partial charge in [0.05, 0.1) is 11.8 Å². The molecule has 2 fully saturated rings. The molecule has 3 aliphatic rings. The number of nitrogens with one attached hydrogen (secondary N) is 1. The van der Waals surface area contributed by atoms with Gasteiger partial charge in [0.15, 0.2) is 0 Å². The van der Waals surface area contributed by atoms with Crippen molar-refractivity contribution in [3.8, 4) is 0 Å². The summed E-state index contributed by atoms with van der Waals surface area (Å²) in [4.78, 5) is 15.1. The summed E-state index contributed by atoms with van der Waals surface area (Å²) in [6, 6.07) is 9.42. The average Bonchev–Trinajstić information content (AvgIpc) is 2.91. The fourth-order valence-corrected chi connectivity index (χ4v) is 6.44. The predicted octanol–water partition coefficient (Wildman–Crippen LogP) is 7.06. The van der Waals surface area contributed by atoms with Crippen LogP contribution in [0.15, 0.2) is 70.1 Å². The maximum Gasteiger partial charge on any atom is 0.0707 e. The molecule has 3 heterocycles. The maximum absolute atomic E-state index is 5.20. The number of allylic oxidation sites excluding steroid dienone is 4. The number of piperidine rings is 1. The molecular weight excluding hydrogens is 490 g/mol. The first kappa shape index (κ1) is 30.3. The summed E-state index contributed by atoms with van der Waals surface area (Å²) in [5.41, 5.74) is 8.47. The minimum Gasteiger partial charge on any atom is -0.378 e. The van der Waals surface area contributed by atoms with E-state index in [1.807, 2.05) is 7.05 Å². The SMILES string of the molecule is C=C1N2CCCCC2C(=NC)/C=C(C)/N=C(C2CNC2)/C=C(\C)N(C)CCCCCCC1(C)c1ccc(C)cc1. The molecule has 0 saturated carbocycles. The average molecular weight is 544 g/mol. The van der Waals surface area contributed by atoms with Crippen molar-refractivity contribution in [3.63, 3.8) is 0 Å². The van der Waals surface area contributed by atoms with Gasteiger partial charge in [0.2, 0.25) is 0 Å². The largest absolute Gasteiger partial charge is 0.378 e. The Morgan fingerprint density at radius 1 is 0.950 bits per heavy atom. The Labute approximate surface area is 244 Å². The Morgan fingerprint density at radius 2 is 1.65 bits per heavy atom. The third-order valence-electron chi connectivity index (χ3n) is 9.52. The summed E-state index contributed by atoms with van der Waals surface area (Å²) >= 11 is 0. The van der Waals surface area contributed by atoms with Gasteiger partial charge in [-0.15, -0.1) is 0 Å². The molecule has 0 radical (unpaired) electrons. The van der Waals surface area contributed by atoms with Crippen LogP contribution in [0.25, 0.3) is 0 Å². The quantitative estimate of drug-likeness (QED) is 0.434. The van der Waals surface area contributed by atoms with Crippen LogP contribution in [0.4, 0.5) is 0 Å². The lowest BCUT2D eigenvalue weighted by Crippen LogP contribution is -2.48.